The van der Waals surface area contributed by atoms with E-state index in [9.17, 15) is 19.7 Å². The molecule has 140 valence electrons. The average Bonchev–Trinajstić information content (AvgIpc) is 2.70. The quantitative estimate of drug-likeness (QED) is 0.307. The number of benzene rings is 2. The molecule has 1 amide bonds. The predicted molar refractivity (Wildman–Crippen MR) is 98.9 cm³/mol. The Balaban J connectivity index is 2.14. The number of anilines is 1. The Hall–Kier alpha value is -3.68. The van der Waals surface area contributed by atoms with E-state index in [2.05, 4.69) is 6.58 Å². The van der Waals surface area contributed by atoms with Gasteiger partial charge in [-0.1, -0.05) is 24.3 Å². The van der Waals surface area contributed by atoms with Crippen LogP contribution in [0.4, 0.5) is 11.4 Å². The van der Waals surface area contributed by atoms with Crippen molar-refractivity contribution in [2.75, 3.05) is 25.2 Å². The standard InChI is InChI=1S/C19H18N2O6/c1-3-11-20(14-7-5-4-6-8-14)18(22)13-27-19(23)16-12-15(21(24)25)9-10-17(16)26-2/h3-10,12H,1,11,13H2,2H3. The van der Waals surface area contributed by atoms with Gasteiger partial charge in [-0.25, -0.2) is 4.79 Å². The summed E-state index contributed by atoms with van der Waals surface area (Å²) in [7, 11) is 1.32. The molecule has 2 aromatic carbocycles. The van der Waals surface area contributed by atoms with Crippen LogP contribution >= 0.6 is 0 Å². The third-order valence-corrected chi connectivity index (χ3v) is 3.62. The van der Waals surface area contributed by atoms with Gasteiger partial charge in [-0.05, 0) is 18.2 Å². The van der Waals surface area contributed by atoms with Gasteiger partial charge in [0.25, 0.3) is 11.6 Å². The van der Waals surface area contributed by atoms with Crippen molar-refractivity contribution in [3.05, 3.63) is 76.9 Å². The van der Waals surface area contributed by atoms with Gasteiger partial charge in [0, 0.05) is 24.4 Å². The number of nitro groups is 1. The molecule has 8 heteroatoms. The fourth-order valence-electron chi connectivity index (χ4n) is 2.34. The van der Waals surface area contributed by atoms with Crippen LogP contribution in [0.3, 0.4) is 0 Å². The van der Waals surface area contributed by atoms with E-state index in [-0.39, 0.29) is 23.5 Å². The minimum atomic E-state index is -0.893. The van der Waals surface area contributed by atoms with Crippen molar-refractivity contribution in [1.82, 2.24) is 0 Å². The van der Waals surface area contributed by atoms with Crippen molar-refractivity contribution in [1.29, 1.82) is 0 Å². The molecule has 0 aliphatic heterocycles. The van der Waals surface area contributed by atoms with Gasteiger partial charge in [-0.15, -0.1) is 6.58 Å². The number of hydrogen-bond acceptors (Lipinski definition) is 6. The Morgan fingerprint density at radius 1 is 1.22 bits per heavy atom. The summed E-state index contributed by atoms with van der Waals surface area (Å²) in [4.78, 5) is 36.4. The first-order valence-corrected chi connectivity index (χ1v) is 7.93. The number of carbonyl (C=O) groups excluding carboxylic acids is 2. The SMILES string of the molecule is C=CCN(C(=O)COC(=O)c1cc([N+](=O)[O-])ccc1OC)c1ccccc1. The van der Waals surface area contributed by atoms with E-state index in [0.29, 0.717) is 5.69 Å². The summed E-state index contributed by atoms with van der Waals surface area (Å²) in [5.41, 5.74) is 0.215. The van der Waals surface area contributed by atoms with Gasteiger partial charge in [0.05, 0.1) is 12.0 Å². The van der Waals surface area contributed by atoms with Gasteiger partial charge in [0.15, 0.2) is 6.61 Å². The maximum absolute atomic E-state index is 12.5. The third kappa shape index (κ3) is 4.91. The lowest BCUT2D eigenvalue weighted by molar-refractivity contribution is -0.384. The summed E-state index contributed by atoms with van der Waals surface area (Å²) in [6.07, 6.45) is 1.55. The number of rotatable bonds is 8. The van der Waals surface area contributed by atoms with Crippen LogP contribution in [0.25, 0.3) is 0 Å². The van der Waals surface area contributed by atoms with E-state index in [1.165, 1.54) is 24.1 Å². The second kappa shape index (κ2) is 9.14. The average molecular weight is 370 g/mol. The normalized spacial score (nSPS) is 9.96. The minimum Gasteiger partial charge on any atom is -0.496 e. The first-order valence-electron chi connectivity index (χ1n) is 7.93. The highest BCUT2D eigenvalue weighted by molar-refractivity contribution is 5.98. The zero-order valence-electron chi connectivity index (χ0n) is 14.7. The fraction of sp³-hybridized carbons (Fsp3) is 0.158. The van der Waals surface area contributed by atoms with Gasteiger partial charge in [-0.2, -0.15) is 0 Å². The number of amides is 1. The van der Waals surface area contributed by atoms with Gasteiger partial charge < -0.3 is 14.4 Å². The van der Waals surface area contributed by atoms with E-state index in [1.54, 1.807) is 30.3 Å². The van der Waals surface area contributed by atoms with Crippen LogP contribution in [0, 0.1) is 10.1 Å². The lowest BCUT2D eigenvalue weighted by Crippen LogP contribution is -2.34. The van der Waals surface area contributed by atoms with E-state index >= 15 is 0 Å². The Morgan fingerprint density at radius 2 is 1.93 bits per heavy atom. The highest BCUT2D eigenvalue weighted by atomic mass is 16.6. The van der Waals surface area contributed by atoms with E-state index in [0.717, 1.165) is 6.07 Å². The molecule has 0 aromatic heterocycles. The number of hydrogen-bond donors (Lipinski definition) is 0. The summed E-state index contributed by atoms with van der Waals surface area (Å²) in [5, 5.41) is 10.9. The zero-order chi connectivity index (χ0) is 19.8. The number of nitro benzene ring substituents is 1. The summed E-state index contributed by atoms with van der Waals surface area (Å²) < 4.78 is 10.1. The molecular formula is C19H18N2O6. The highest BCUT2D eigenvalue weighted by Gasteiger charge is 2.21. The molecule has 0 spiro atoms. The molecule has 0 aliphatic carbocycles. The number of methoxy groups -OCH3 is 1. The highest BCUT2D eigenvalue weighted by Crippen LogP contribution is 2.24. The molecule has 0 fully saturated rings. The molecule has 0 unspecified atom stereocenters. The summed E-state index contributed by atoms with van der Waals surface area (Å²) in [5.74, 6) is -1.24. The molecule has 0 radical (unpaired) electrons. The number of nitrogens with zero attached hydrogens (tertiary/aromatic N) is 2. The lowest BCUT2D eigenvalue weighted by Gasteiger charge is -2.21. The zero-order valence-corrected chi connectivity index (χ0v) is 14.7. The van der Waals surface area contributed by atoms with Crippen LogP contribution in [-0.4, -0.2) is 37.1 Å². The van der Waals surface area contributed by atoms with Gasteiger partial charge in [-0.3, -0.25) is 14.9 Å². The number of esters is 1. The van der Waals surface area contributed by atoms with Gasteiger partial charge >= 0.3 is 5.97 Å². The third-order valence-electron chi connectivity index (χ3n) is 3.62. The van der Waals surface area contributed by atoms with Crippen molar-refractivity contribution in [2.24, 2.45) is 0 Å². The number of carbonyl (C=O) groups is 2. The molecule has 0 N–H and O–H groups in total. The molecule has 8 nitrogen and oxygen atoms in total. The van der Waals surface area contributed by atoms with E-state index in [4.69, 9.17) is 9.47 Å². The fourth-order valence-corrected chi connectivity index (χ4v) is 2.34. The van der Waals surface area contributed by atoms with Crippen molar-refractivity contribution in [3.8, 4) is 5.75 Å². The maximum Gasteiger partial charge on any atom is 0.342 e. The second-order valence-corrected chi connectivity index (χ2v) is 5.35. The molecular weight excluding hydrogens is 352 g/mol. The Labute approximate surface area is 155 Å². The molecule has 0 aliphatic rings. The lowest BCUT2D eigenvalue weighted by atomic mass is 10.2. The number of ether oxygens (including phenoxy) is 2. The smallest absolute Gasteiger partial charge is 0.342 e. The van der Waals surface area contributed by atoms with Gasteiger partial charge in [0.2, 0.25) is 0 Å². The van der Waals surface area contributed by atoms with Crippen molar-refractivity contribution >= 4 is 23.3 Å². The molecule has 0 saturated heterocycles. The van der Waals surface area contributed by atoms with Crippen molar-refractivity contribution in [2.45, 2.75) is 0 Å². The van der Waals surface area contributed by atoms with Gasteiger partial charge in [0.1, 0.15) is 11.3 Å². The van der Waals surface area contributed by atoms with Crippen LogP contribution in [0.1, 0.15) is 10.4 Å². The first-order chi connectivity index (χ1) is 13.0. The Morgan fingerprint density at radius 3 is 2.52 bits per heavy atom. The van der Waals surface area contributed by atoms with Crippen LogP contribution in [0.5, 0.6) is 5.75 Å². The summed E-state index contributed by atoms with van der Waals surface area (Å²) in [6, 6.07) is 12.4. The molecule has 2 aromatic rings. The number of para-hydroxylation sites is 1. The van der Waals surface area contributed by atoms with Crippen LogP contribution in [0.2, 0.25) is 0 Å². The maximum atomic E-state index is 12.5. The summed E-state index contributed by atoms with van der Waals surface area (Å²) in [6.45, 7) is 3.32. The largest absolute Gasteiger partial charge is 0.496 e. The Kier molecular flexibility index (Phi) is 6.65. The molecule has 0 atom stereocenters. The van der Waals surface area contributed by atoms with Crippen LogP contribution in [0.15, 0.2) is 61.2 Å². The molecule has 27 heavy (non-hydrogen) atoms. The monoisotopic (exact) mass is 370 g/mol. The van der Waals surface area contributed by atoms with E-state index in [1.807, 2.05) is 6.07 Å². The molecule has 0 saturated carbocycles. The minimum absolute atomic E-state index is 0.115. The van der Waals surface area contributed by atoms with Crippen LogP contribution < -0.4 is 9.64 Å². The second-order valence-electron chi connectivity index (χ2n) is 5.35. The molecule has 2 rings (SSSR count). The number of non-ortho nitro benzene ring substituents is 1. The van der Waals surface area contributed by atoms with E-state index < -0.39 is 23.4 Å². The van der Waals surface area contributed by atoms with Crippen molar-refractivity contribution < 1.29 is 24.0 Å². The molecule has 0 bridgehead atoms. The van der Waals surface area contributed by atoms with Crippen molar-refractivity contribution in [3.63, 3.8) is 0 Å². The first kappa shape index (κ1) is 19.6. The predicted octanol–water partition coefficient (Wildman–Crippen LogP) is 2.98. The summed E-state index contributed by atoms with van der Waals surface area (Å²) >= 11 is 0. The Bertz CT molecular complexity index is 851. The topological polar surface area (TPSA) is 99.0 Å². The van der Waals surface area contributed by atoms with Crippen LogP contribution in [-0.2, 0) is 9.53 Å². The molecule has 0 heterocycles.